The summed E-state index contributed by atoms with van der Waals surface area (Å²) >= 11 is 6.09. The van der Waals surface area contributed by atoms with Crippen LogP contribution in [0.4, 0.5) is 0 Å². The van der Waals surface area contributed by atoms with Crippen molar-refractivity contribution in [2.45, 2.75) is 20.3 Å². The molecule has 0 atom stereocenters. The van der Waals surface area contributed by atoms with Gasteiger partial charge in [-0.3, -0.25) is 20.4 Å². The third-order valence-corrected chi connectivity index (χ3v) is 3.13. The zero-order valence-electron chi connectivity index (χ0n) is 11.2. The minimum Gasteiger partial charge on any atom is -0.274 e. The predicted octanol–water partition coefficient (Wildman–Crippen LogP) is 2.23. The van der Waals surface area contributed by atoms with Crippen molar-refractivity contribution in [3.05, 3.63) is 40.5 Å². The first kappa shape index (κ1) is 14.3. The maximum absolute atomic E-state index is 12.1. The summed E-state index contributed by atoms with van der Waals surface area (Å²) in [4.78, 5) is 27.2. The first-order chi connectivity index (χ1) is 9.52. The van der Waals surface area contributed by atoms with Crippen molar-refractivity contribution in [3.63, 3.8) is 0 Å². The van der Waals surface area contributed by atoms with E-state index < -0.39 is 5.91 Å². The third-order valence-electron chi connectivity index (χ3n) is 2.82. The van der Waals surface area contributed by atoms with E-state index in [1.165, 1.54) is 6.92 Å². The number of fused-ring (bicyclic) bond motifs is 1. The molecule has 2 N–H and O–H groups in total. The van der Waals surface area contributed by atoms with Gasteiger partial charge in [0, 0.05) is 12.3 Å². The largest absolute Gasteiger partial charge is 0.288 e. The summed E-state index contributed by atoms with van der Waals surface area (Å²) in [6.07, 6.45) is 0.651. The normalized spacial score (nSPS) is 10.3. The molecule has 1 aromatic carbocycles. The Labute approximate surface area is 121 Å². The fourth-order valence-electron chi connectivity index (χ4n) is 1.88. The zero-order chi connectivity index (χ0) is 14.7. The topological polar surface area (TPSA) is 71.1 Å². The number of hydrogen-bond donors (Lipinski definition) is 2. The number of rotatable bonds is 2. The Kier molecular flexibility index (Phi) is 4.20. The van der Waals surface area contributed by atoms with E-state index >= 15 is 0 Å². The van der Waals surface area contributed by atoms with Gasteiger partial charge in [0.05, 0.1) is 10.5 Å². The molecular weight excluding hydrogens is 278 g/mol. The second-order valence-corrected chi connectivity index (χ2v) is 4.70. The molecule has 2 aromatic rings. The molecule has 0 fully saturated rings. The smallest absolute Gasteiger partial charge is 0.274 e. The molecule has 2 rings (SSSR count). The van der Waals surface area contributed by atoms with Gasteiger partial charge in [0.1, 0.15) is 5.69 Å². The van der Waals surface area contributed by atoms with Gasteiger partial charge >= 0.3 is 0 Å². The summed E-state index contributed by atoms with van der Waals surface area (Å²) in [6, 6.07) is 7.33. The lowest BCUT2D eigenvalue weighted by Crippen LogP contribution is -2.41. The summed E-state index contributed by atoms with van der Waals surface area (Å²) in [7, 11) is 0. The van der Waals surface area contributed by atoms with Crippen LogP contribution >= 0.6 is 11.6 Å². The van der Waals surface area contributed by atoms with Gasteiger partial charge < -0.3 is 0 Å². The average Bonchev–Trinajstić information content (AvgIpc) is 2.43. The van der Waals surface area contributed by atoms with E-state index in [0.29, 0.717) is 17.0 Å². The van der Waals surface area contributed by atoms with Crippen LogP contribution in [-0.2, 0) is 11.2 Å². The quantitative estimate of drug-likeness (QED) is 0.834. The lowest BCUT2D eigenvalue weighted by Gasteiger charge is -2.10. The van der Waals surface area contributed by atoms with Crippen molar-refractivity contribution in [2.75, 3.05) is 0 Å². The highest BCUT2D eigenvalue weighted by atomic mass is 35.5. The van der Waals surface area contributed by atoms with Gasteiger partial charge in [-0.1, -0.05) is 30.7 Å². The number of hydrogen-bond acceptors (Lipinski definition) is 3. The molecule has 104 valence electrons. The number of nitrogens with zero attached hydrogens (tertiary/aromatic N) is 1. The Morgan fingerprint density at radius 2 is 2.05 bits per heavy atom. The third kappa shape index (κ3) is 2.88. The molecule has 0 saturated carbocycles. The molecule has 5 nitrogen and oxygen atoms in total. The van der Waals surface area contributed by atoms with Crippen LogP contribution in [0.5, 0.6) is 0 Å². The molecule has 0 spiro atoms. The number of nitrogens with one attached hydrogen (secondary N) is 2. The van der Waals surface area contributed by atoms with Gasteiger partial charge in [-0.05, 0) is 24.1 Å². The SMILES string of the molecule is CCc1cc2cccc(Cl)c2nc1C(=O)NNC(C)=O. The molecule has 0 radical (unpaired) electrons. The molecule has 2 amide bonds. The van der Waals surface area contributed by atoms with Crippen LogP contribution in [-0.4, -0.2) is 16.8 Å². The van der Waals surface area contributed by atoms with Crippen molar-refractivity contribution < 1.29 is 9.59 Å². The molecule has 0 saturated heterocycles. The average molecular weight is 292 g/mol. The zero-order valence-corrected chi connectivity index (χ0v) is 11.9. The molecule has 6 heteroatoms. The second-order valence-electron chi connectivity index (χ2n) is 4.30. The number of amides is 2. The van der Waals surface area contributed by atoms with E-state index in [1.807, 2.05) is 25.1 Å². The number of carbonyl (C=O) groups excluding carboxylic acids is 2. The highest BCUT2D eigenvalue weighted by Gasteiger charge is 2.15. The number of para-hydroxylation sites is 1. The standard InChI is InChI=1S/C14H14ClN3O2/c1-3-9-7-10-5-4-6-11(15)12(10)16-13(9)14(20)18-17-8(2)19/h4-7H,3H2,1-2H3,(H,17,19)(H,18,20). The second kappa shape index (κ2) is 5.88. The Balaban J connectivity index is 2.48. The monoisotopic (exact) mass is 291 g/mol. The van der Waals surface area contributed by atoms with Gasteiger partial charge in [-0.25, -0.2) is 4.98 Å². The Morgan fingerprint density at radius 1 is 1.30 bits per heavy atom. The number of halogens is 1. The maximum Gasteiger partial charge on any atom is 0.288 e. The number of aromatic nitrogens is 1. The first-order valence-electron chi connectivity index (χ1n) is 6.18. The van der Waals surface area contributed by atoms with E-state index in [4.69, 9.17) is 11.6 Å². The van der Waals surface area contributed by atoms with Crippen LogP contribution in [0.25, 0.3) is 10.9 Å². The van der Waals surface area contributed by atoms with E-state index in [-0.39, 0.29) is 11.6 Å². The van der Waals surface area contributed by atoms with Gasteiger partial charge in [-0.15, -0.1) is 0 Å². The molecule has 20 heavy (non-hydrogen) atoms. The minimum atomic E-state index is -0.459. The highest BCUT2D eigenvalue weighted by molar-refractivity contribution is 6.35. The summed E-state index contributed by atoms with van der Waals surface area (Å²) in [5.41, 5.74) is 6.19. The van der Waals surface area contributed by atoms with Crippen LogP contribution < -0.4 is 10.9 Å². The molecule has 0 unspecified atom stereocenters. The van der Waals surface area contributed by atoms with Crippen molar-refractivity contribution in [1.29, 1.82) is 0 Å². The van der Waals surface area contributed by atoms with Crippen molar-refractivity contribution in [3.8, 4) is 0 Å². The van der Waals surface area contributed by atoms with Crippen LogP contribution in [0.15, 0.2) is 24.3 Å². The van der Waals surface area contributed by atoms with Crippen molar-refractivity contribution in [1.82, 2.24) is 15.8 Å². The van der Waals surface area contributed by atoms with Crippen LogP contribution in [0.1, 0.15) is 29.9 Å². The van der Waals surface area contributed by atoms with Crippen LogP contribution in [0, 0.1) is 0 Å². The molecular formula is C14H14ClN3O2. The molecule has 0 bridgehead atoms. The van der Waals surface area contributed by atoms with Crippen molar-refractivity contribution >= 4 is 34.3 Å². The van der Waals surface area contributed by atoms with Gasteiger partial charge in [-0.2, -0.15) is 0 Å². The molecule has 1 aromatic heterocycles. The van der Waals surface area contributed by atoms with E-state index in [0.717, 1.165) is 10.9 Å². The van der Waals surface area contributed by atoms with Gasteiger partial charge in [0.25, 0.3) is 5.91 Å². The summed E-state index contributed by atoms with van der Waals surface area (Å²) in [6.45, 7) is 3.24. The number of benzene rings is 1. The Hall–Kier alpha value is -2.14. The Bertz CT molecular complexity index is 685. The molecule has 0 aliphatic rings. The van der Waals surface area contributed by atoms with Gasteiger partial charge in [0.2, 0.25) is 5.91 Å². The number of hydrazine groups is 1. The molecule has 1 heterocycles. The highest BCUT2D eigenvalue weighted by Crippen LogP contribution is 2.24. The summed E-state index contributed by atoms with van der Waals surface area (Å²) in [5.74, 6) is -0.811. The summed E-state index contributed by atoms with van der Waals surface area (Å²) in [5, 5.41) is 1.36. The van der Waals surface area contributed by atoms with Crippen LogP contribution in [0.2, 0.25) is 5.02 Å². The molecule has 0 aliphatic carbocycles. The van der Waals surface area contributed by atoms with E-state index in [1.54, 1.807) is 6.07 Å². The maximum atomic E-state index is 12.1. The fourth-order valence-corrected chi connectivity index (χ4v) is 2.10. The number of pyridine rings is 1. The predicted molar refractivity (Wildman–Crippen MR) is 77.4 cm³/mol. The van der Waals surface area contributed by atoms with Gasteiger partial charge in [0.15, 0.2) is 0 Å². The number of aryl methyl sites for hydroxylation is 1. The van der Waals surface area contributed by atoms with Crippen LogP contribution in [0.3, 0.4) is 0 Å². The van der Waals surface area contributed by atoms with E-state index in [2.05, 4.69) is 15.8 Å². The fraction of sp³-hybridized carbons (Fsp3) is 0.214. The lowest BCUT2D eigenvalue weighted by atomic mass is 10.1. The summed E-state index contributed by atoms with van der Waals surface area (Å²) < 4.78 is 0. The number of carbonyl (C=O) groups is 2. The Morgan fingerprint density at radius 3 is 2.70 bits per heavy atom. The minimum absolute atomic E-state index is 0.266. The van der Waals surface area contributed by atoms with Crippen molar-refractivity contribution in [2.24, 2.45) is 0 Å². The first-order valence-corrected chi connectivity index (χ1v) is 6.55. The molecule has 0 aliphatic heterocycles. The lowest BCUT2D eigenvalue weighted by molar-refractivity contribution is -0.119. The van der Waals surface area contributed by atoms with E-state index in [9.17, 15) is 9.59 Å².